The molecule has 0 saturated heterocycles. The highest BCUT2D eigenvalue weighted by Gasteiger charge is 2.24. The summed E-state index contributed by atoms with van der Waals surface area (Å²) in [6.45, 7) is 7.58. The van der Waals surface area contributed by atoms with Gasteiger partial charge in [-0.25, -0.2) is 4.79 Å². The van der Waals surface area contributed by atoms with Crippen LogP contribution >= 0.6 is 0 Å². The van der Waals surface area contributed by atoms with Crippen LogP contribution in [0.3, 0.4) is 0 Å². The number of aliphatic hydroxyl groups excluding tert-OH is 1. The average molecular weight is 346 g/mol. The predicted molar refractivity (Wildman–Crippen MR) is 96.4 cm³/mol. The lowest BCUT2D eigenvalue weighted by Crippen LogP contribution is -2.50. The Morgan fingerprint density at radius 3 is 2.72 bits per heavy atom. The number of anilines is 1. The van der Waals surface area contributed by atoms with Crippen molar-refractivity contribution in [1.82, 2.24) is 15.5 Å². The van der Waals surface area contributed by atoms with Crippen LogP contribution in [0.2, 0.25) is 0 Å². The smallest absolute Gasteiger partial charge is 0.319 e. The van der Waals surface area contributed by atoms with E-state index in [9.17, 15) is 9.90 Å². The van der Waals surface area contributed by atoms with Gasteiger partial charge in [0.15, 0.2) is 5.82 Å². The van der Waals surface area contributed by atoms with Crippen molar-refractivity contribution in [2.24, 2.45) is 0 Å². The molecule has 0 saturated carbocycles. The summed E-state index contributed by atoms with van der Waals surface area (Å²) in [7, 11) is 0. The van der Waals surface area contributed by atoms with Crippen molar-refractivity contribution in [2.75, 3.05) is 11.9 Å². The van der Waals surface area contributed by atoms with Crippen LogP contribution in [0.4, 0.5) is 10.5 Å². The van der Waals surface area contributed by atoms with E-state index in [1.165, 1.54) is 0 Å². The molecule has 1 aromatic heterocycles. The summed E-state index contributed by atoms with van der Waals surface area (Å²) >= 11 is 0. The quantitative estimate of drug-likeness (QED) is 0.714. The van der Waals surface area contributed by atoms with Crippen LogP contribution in [0.25, 0.3) is 11.5 Å². The van der Waals surface area contributed by atoms with Gasteiger partial charge in [0.25, 0.3) is 5.89 Å². The third-order valence-electron chi connectivity index (χ3n) is 4.08. The third kappa shape index (κ3) is 4.79. The zero-order valence-electron chi connectivity index (χ0n) is 15.2. The second kappa shape index (κ2) is 8.11. The molecule has 0 spiro atoms. The van der Waals surface area contributed by atoms with E-state index in [4.69, 9.17) is 4.52 Å². The number of benzene rings is 1. The Bertz CT molecular complexity index is 729. The molecule has 2 aromatic rings. The maximum absolute atomic E-state index is 12.3. The first-order valence-corrected chi connectivity index (χ1v) is 8.54. The number of aromatic nitrogens is 2. The van der Waals surface area contributed by atoms with Gasteiger partial charge in [0, 0.05) is 17.7 Å². The van der Waals surface area contributed by atoms with Gasteiger partial charge in [-0.05, 0) is 38.0 Å². The van der Waals surface area contributed by atoms with Gasteiger partial charge in [-0.1, -0.05) is 31.5 Å². The van der Waals surface area contributed by atoms with E-state index in [1.807, 2.05) is 39.8 Å². The van der Waals surface area contributed by atoms with Crippen molar-refractivity contribution >= 4 is 11.7 Å². The third-order valence-corrected chi connectivity index (χ3v) is 4.08. The van der Waals surface area contributed by atoms with Crippen molar-refractivity contribution < 1.29 is 14.4 Å². The molecule has 0 fully saturated rings. The normalized spacial score (nSPS) is 13.3. The summed E-state index contributed by atoms with van der Waals surface area (Å²) in [5, 5.41) is 19.1. The van der Waals surface area contributed by atoms with Gasteiger partial charge in [-0.2, -0.15) is 4.98 Å². The lowest BCUT2D eigenvalue weighted by molar-refractivity contribution is 0.167. The zero-order valence-corrected chi connectivity index (χ0v) is 15.2. The largest absolute Gasteiger partial charge is 0.394 e. The van der Waals surface area contributed by atoms with Crippen molar-refractivity contribution in [3.63, 3.8) is 0 Å². The van der Waals surface area contributed by atoms with Crippen molar-refractivity contribution in [3.05, 3.63) is 29.6 Å². The maximum atomic E-state index is 12.3. The summed E-state index contributed by atoms with van der Waals surface area (Å²) in [5.41, 5.74) is 1.66. The van der Waals surface area contributed by atoms with Gasteiger partial charge in [0.2, 0.25) is 0 Å². The van der Waals surface area contributed by atoms with Crippen LogP contribution in [0.5, 0.6) is 0 Å². The molecule has 0 bridgehead atoms. The number of urea groups is 1. The number of rotatable bonds is 7. The molecule has 136 valence electrons. The monoisotopic (exact) mass is 346 g/mol. The first-order valence-electron chi connectivity index (χ1n) is 8.54. The molecule has 2 rings (SSSR count). The van der Waals surface area contributed by atoms with E-state index < -0.39 is 5.54 Å². The fourth-order valence-corrected chi connectivity index (χ4v) is 2.57. The van der Waals surface area contributed by atoms with E-state index >= 15 is 0 Å². The Hall–Kier alpha value is -2.41. The van der Waals surface area contributed by atoms with Gasteiger partial charge in [0.05, 0.1) is 12.1 Å². The molecule has 1 aromatic carbocycles. The summed E-state index contributed by atoms with van der Waals surface area (Å²) in [6.07, 6.45) is 2.25. The minimum atomic E-state index is -0.646. The van der Waals surface area contributed by atoms with E-state index in [0.29, 0.717) is 30.2 Å². The standard InChI is InChI=1S/C18H26N4O3/c1-5-9-18(4,11-23)21-17(24)19-14-10-13(8-7-12(14)3)16-20-15(6-2)22-25-16/h7-8,10,23H,5-6,9,11H2,1-4H3,(H2,19,21,24). The number of nitrogens with zero attached hydrogens (tertiary/aromatic N) is 2. The summed E-state index contributed by atoms with van der Waals surface area (Å²) in [4.78, 5) is 16.6. The fraction of sp³-hybridized carbons (Fsp3) is 0.500. The van der Waals surface area contributed by atoms with Crippen LogP contribution in [0.15, 0.2) is 22.7 Å². The van der Waals surface area contributed by atoms with Gasteiger partial charge in [-0.3, -0.25) is 0 Å². The minimum absolute atomic E-state index is 0.116. The molecule has 3 N–H and O–H groups in total. The summed E-state index contributed by atoms with van der Waals surface area (Å²) in [5.74, 6) is 1.06. The molecule has 7 nitrogen and oxygen atoms in total. The Morgan fingerprint density at radius 2 is 2.12 bits per heavy atom. The van der Waals surface area contributed by atoms with E-state index in [0.717, 1.165) is 17.5 Å². The maximum Gasteiger partial charge on any atom is 0.319 e. The molecule has 0 aliphatic rings. The first kappa shape index (κ1) is 18.9. The molecule has 1 heterocycles. The number of hydrogen-bond donors (Lipinski definition) is 3. The number of amides is 2. The number of hydrogen-bond acceptors (Lipinski definition) is 5. The number of nitrogens with one attached hydrogen (secondary N) is 2. The van der Waals surface area contributed by atoms with Crippen LogP contribution in [0.1, 0.15) is 45.0 Å². The van der Waals surface area contributed by atoms with Gasteiger partial charge in [0.1, 0.15) is 0 Å². The lowest BCUT2D eigenvalue weighted by Gasteiger charge is -2.28. The number of aryl methyl sites for hydroxylation is 2. The van der Waals surface area contributed by atoms with E-state index in [2.05, 4.69) is 20.8 Å². The minimum Gasteiger partial charge on any atom is -0.394 e. The predicted octanol–water partition coefficient (Wildman–Crippen LogP) is 3.28. The highest BCUT2D eigenvalue weighted by Crippen LogP contribution is 2.24. The second-order valence-corrected chi connectivity index (χ2v) is 6.45. The molecule has 7 heteroatoms. The molecule has 0 aliphatic heterocycles. The van der Waals surface area contributed by atoms with Crippen molar-refractivity contribution in [2.45, 2.75) is 52.5 Å². The van der Waals surface area contributed by atoms with Crippen LogP contribution in [-0.4, -0.2) is 33.4 Å². The van der Waals surface area contributed by atoms with Crippen LogP contribution in [-0.2, 0) is 6.42 Å². The SMILES string of the molecule is CCCC(C)(CO)NC(=O)Nc1cc(-c2nc(CC)no2)ccc1C. The molecular weight excluding hydrogens is 320 g/mol. The van der Waals surface area contributed by atoms with E-state index in [-0.39, 0.29) is 12.6 Å². The van der Waals surface area contributed by atoms with Crippen molar-refractivity contribution in [1.29, 1.82) is 0 Å². The van der Waals surface area contributed by atoms with E-state index in [1.54, 1.807) is 6.07 Å². The first-order chi connectivity index (χ1) is 11.9. The highest BCUT2D eigenvalue weighted by molar-refractivity contribution is 5.91. The van der Waals surface area contributed by atoms with Crippen molar-refractivity contribution in [3.8, 4) is 11.5 Å². The zero-order chi connectivity index (χ0) is 18.4. The molecule has 1 unspecified atom stereocenters. The molecule has 2 amide bonds. The summed E-state index contributed by atoms with van der Waals surface area (Å²) < 4.78 is 5.25. The number of aliphatic hydroxyl groups is 1. The number of carbonyl (C=O) groups is 1. The Labute approximate surface area is 147 Å². The fourth-order valence-electron chi connectivity index (χ4n) is 2.57. The average Bonchev–Trinajstić information content (AvgIpc) is 3.06. The van der Waals surface area contributed by atoms with Gasteiger partial charge >= 0.3 is 6.03 Å². The molecule has 1 atom stereocenters. The van der Waals surface area contributed by atoms with Gasteiger partial charge < -0.3 is 20.3 Å². The van der Waals surface area contributed by atoms with Gasteiger partial charge in [-0.15, -0.1) is 0 Å². The molecule has 25 heavy (non-hydrogen) atoms. The van der Waals surface area contributed by atoms with Crippen LogP contribution in [0, 0.1) is 6.92 Å². The lowest BCUT2D eigenvalue weighted by atomic mass is 9.97. The molecule has 0 aliphatic carbocycles. The topological polar surface area (TPSA) is 100 Å². The highest BCUT2D eigenvalue weighted by atomic mass is 16.5. The second-order valence-electron chi connectivity index (χ2n) is 6.45. The molecule has 0 radical (unpaired) electrons. The Balaban J connectivity index is 2.16. The summed E-state index contributed by atoms with van der Waals surface area (Å²) in [6, 6.07) is 5.21. The van der Waals surface area contributed by atoms with Crippen LogP contribution < -0.4 is 10.6 Å². The Kier molecular flexibility index (Phi) is 6.14. The molecular formula is C18H26N4O3. The Morgan fingerprint density at radius 1 is 1.36 bits per heavy atom. The number of carbonyl (C=O) groups excluding carboxylic acids is 1.